The quantitative estimate of drug-likeness (QED) is 0.157. The van der Waals surface area contributed by atoms with Gasteiger partial charge in [-0.1, -0.05) is 18.5 Å². The lowest BCUT2D eigenvalue weighted by molar-refractivity contribution is -0.306. The molecule has 0 atom stereocenters. The van der Waals surface area contributed by atoms with Crippen LogP contribution < -0.4 is 10.3 Å². The largest absolute Gasteiger partial charge is 0.738 e. The zero-order valence-electron chi connectivity index (χ0n) is 23.1. The first-order valence-electron chi connectivity index (χ1n) is 13.2. The lowest BCUT2D eigenvalue weighted by Crippen LogP contribution is -2.49. The van der Waals surface area contributed by atoms with Gasteiger partial charge in [-0.15, -0.1) is 5.39 Å². The number of H-pyrrole nitrogens is 1. The number of fused-ring (bicyclic) bond motifs is 1. The van der Waals surface area contributed by atoms with Crippen LogP contribution in [0.1, 0.15) is 31.5 Å². The van der Waals surface area contributed by atoms with Crippen molar-refractivity contribution in [1.29, 1.82) is 0 Å². The number of aromatic nitrogens is 3. The van der Waals surface area contributed by atoms with Gasteiger partial charge in [-0.3, -0.25) is 14.5 Å². The minimum atomic E-state index is -3.91. The van der Waals surface area contributed by atoms with Gasteiger partial charge in [0.25, 0.3) is 5.56 Å². The number of oxime groups is 1. The summed E-state index contributed by atoms with van der Waals surface area (Å²) < 4.78 is 36.0. The van der Waals surface area contributed by atoms with Crippen LogP contribution in [-0.2, 0) is 28.3 Å². The lowest BCUT2D eigenvalue weighted by Gasteiger charge is -2.34. The molecule has 3 heterocycles. The normalized spacial score (nSPS) is 15.5. The first-order chi connectivity index (χ1) is 19.6. The van der Waals surface area contributed by atoms with Gasteiger partial charge in [-0.05, 0) is 31.5 Å². The summed E-state index contributed by atoms with van der Waals surface area (Å²) in [7, 11) is -2.22. The van der Waals surface area contributed by atoms with Crippen molar-refractivity contribution in [3.05, 3.63) is 45.0 Å². The van der Waals surface area contributed by atoms with Gasteiger partial charge in [0.2, 0.25) is 10.0 Å². The number of hydrogen-bond acceptors (Lipinski definition) is 12. The molecule has 0 saturated carbocycles. The van der Waals surface area contributed by atoms with Crippen LogP contribution >= 0.6 is 0 Å². The maximum atomic E-state index is 13.6. The van der Waals surface area contributed by atoms with Gasteiger partial charge >= 0.3 is 0 Å². The van der Waals surface area contributed by atoms with Crippen molar-refractivity contribution in [2.75, 3.05) is 45.9 Å². The molecule has 1 aliphatic heterocycles. The highest BCUT2D eigenvalue weighted by molar-refractivity contribution is 7.89. The predicted molar refractivity (Wildman–Crippen MR) is 149 cm³/mol. The van der Waals surface area contributed by atoms with E-state index in [2.05, 4.69) is 15.0 Å². The van der Waals surface area contributed by atoms with Crippen LogP contribution in [0.15, 0.2) is 33.0 Å². The summed E-state index contributed by atoms with van der Waals surface area (Å²) in [5.74, 6) is 0.514. The number of ether oxygens (including phenoxy) is 1. The van der Waals surface area contributed by atoms with Crippen LogP contribution in [0.2, 0.25) is 0 Å². The number of nitrogens with zero attached hydrogens (tertiary/aromatic N) is 6. The van der Waals surface area contributed by atoms with Crippen LogP contribution in [0, 0.1) is 5.21 Å². The van der Waals surface area contributed by atoms with Crippen LogP contribution in [0.3, 0.4) is 0 Å². The predicted octanol–water partition coefficient (Wildman–Crippen LogP) is 1.51. The maximum Gasteiger partial charge on any atom is 0.275 e. The molecule has 0 amide bonds. The molecule has 224 valence electrons. The molecule has 3 N–H and O–H groups in total. The molecule has 0 aliphatic carbocycles. The zero-order chi connectivity index (χ0) is 29.7. The minimum Gasteiger partial charge on any atom is -0.738 e. The Morgan fingerprint density at radius 3 is 2.61 bits per heavy atom. The van der Waals surface area contributed by atoms with Crippen molar-refractivity contribution in [3.63, 3.8) is 0 Å². The van der Waals surface area contributed by atoms with Gasteiger partial charge in [0.05, 0.1) is 35.6 Å². The summed E-state index contributed by atoms with van der Waals surface area (Å²) in [6.07, 6.45) is 2.60. The third-order valence-corrected chi connectivity index (χ3v) is 8.85. The van der Waals surface area contributed by atoms with Gasteiger partial charge in [-0.2, -0.15) is 4.31 Å². The Hall–Kier alpha value is -3.38. The molecule has 1 aromatic carbocycles. The number of hydrogen-bond donors (Lipinski definition) is 3. The molecule has 0 spiro atoms. The van der Waals surface area contributed by atoms with E-state index in [0.29, 0.717) is 60.7 Å². The average Bonchev–Trinajstić information content (AvgIpc) is 3.20. The number of aryl methyl sites for hydroxylation is 2. The topological polar surface area (TPSA) is 189 Å². The molecule has 2 aromatic heterocycles. The molecule has 1 saturated heterocycles. The van der Waals surface area contributed by atoms with Crippen molar-refractivity contribution in [2.45, 2.75) is 31.6 Å². The standard InChI is InChI=1S/C25H34N7O8S/c1-4-6-18-20(16-26-34)29(3)23-22(18)27-24(28-25(23)33)19-15-17(7-8-21(19)39-5-2)41(37,38)31-11-9-30(10-12-31)13-14-40-32(35)36/h7-8,15-16,34-35H,4-6,9-14H2,1-3H3,(H,27,28,33)/q-1/b26-16+. The molecular formula is C25H34N7O8S-. The van der Waals surface area contributed by atoms with Gasteiger partial charge in [-0.25, -0.2) is 13.4 Å². The fourth-order valence-corrected chi connectivity index (χ4v) is 6.45. The zero-order valence-corrected chi connectivity index (χ0v) is 23.9. The second-order valence-corrected chi connectivity index (χ2v) is 11.4. The fraction of sp³-hybridized carbons (Fsp3) is 0.480. The average molecular weight is 593 g/mol. The second kappa shape index (κ2) is 13.1. The molecule has 16 heteroatoms. The number of sulfonamides is 1. The van der Waals surface area contributed by atoms with E-state index in [1.807, 2.05) is 11.8 Å². The maximum absolute atomic E-state index is 13.6. The number of piperazine rings is 1. The van der Waals surface area contributed by atoms with E-state index in [-0.39, 0.29) is 30.4 Å². The first kappa shape index (κ1) is 30.6. The second-order valence-electron chi connectivity index (χ2n) is 9.44. The van der Waals surface area contributed by atoms with Gasteiger partial charge in [0, 0.05) is 45.3 Å². The van der Waals surface area contributed by atoms with Crippen LogP contribution in [0.4, 0.5) is 0 Å². The molecule has 4 rings (SSSR count). The Morgan fingerprint density at radius 1 is 1.24 bits per heavy atom. The Labute approximate surface area is 236 Å². The van der Waals surface area contributed by atoms with E-state index in [9.17, 15) is 23.6 Å². The molecular weight excluding hydrogens is 558 g/mol. The van der Waals surface area contributed by atoms with E-state index < -0.39 is 21.0 Å². The minimum absolute atomic E-state index is 0.0210. The summed E-state index contributed by atoms with van der Waals surface area (Å²) in [6, 6.07) is 4.47. The van der Waals surface area contributed by atoms with Crippen LogP contribution in [0.25, 0.3) is 22.4 Å². The number of nitrogens with one attached hydrogen (secondary N) is 1. The number of benzene rings is 1. The summed E-state index contributed by atoms with van der Waals surface area (Å²) in [6.45, 7) is 5.67. The van der Waals surface area contributed by atoms with Crippen molar-refractivity contribution < 1.29 is 28.4 Å². The Bertz CT molecular complexity index is 1560. The van der Waals surface area contributed by atoms with E-state index in [1.165, 1.54) is 22.7 Å². The fourth-order valence-electron chi connectivity index (χ4n) is 5.00. The van der Waals surface area contributed by atoms with Crippen molar-refractivity contribution in [2.24, 2.45) is 12.2 Å². The molecule has 0 unspecified atom stereocenters. The molecule has 1 fully saturated rings. The Balaban J connectivity index is 1.71. The van der Waals surface area contributed by atoms with Gasteiger partial charge in [0.15, 0.2) is 0 Å². The highest BCUT2D eigenvalue weighted by Gasteiger charge is 2.30. The lowest BCUT2D eigenvalue weighted by atomic mass is 10.1. The van der Waals surface area contributed by atoms with E-state index in [4.69, 9.17) is 14.9 Å². The van der Waals surface area contributed by atoms with Crippen LogP contribution in [-0.4, -0.2) is 100 Å². The summed E-state index contributed by atoms with van der Waals surface area (Å²) in [5.41, 5.74) is 1.91. The SMILES string of the molecule is CCCc1c(/C=N/O)n(C)c2c(=O)[nH]c(-c3cc(S(=O)(=O)N4CCN(CCON([O-])O)CC4)ccc3OCC)nc12. The molecule has 41 heavy (non-hydrogen) atoms. The number of rotatable bonds is 12. The molecule has 3 aromatic rings. The first-order valence-corrected chi connectivity index (χ1v) is 14.6. The smallest absolute Gasteiger partial charge is 0.275 e. The van der Waals surface area contributed by atoms with Crippen molar-refractivity contribution in [3.8, 4) is 17.1 Å². The molecule has 0 bridgehead atoms. The summed E-state index contributed by atoms with van der Waals surface area (Å²) in [5, 5.41) is 30.8. The van der Waals surface area contributed by atoms with E-state index in [0.717, 1.165) is 12.0 Å². The summed E-state index contributed by atoms with van der Waals surface area (Å²) in [4.78, 5) is 27.2. The third kappa shape index (κ3) is 6.43. The van der Waals surface area contributed by atoms with Gasteiger partial charge in [0.1, 0.15) is 22.6 Å². The highest BCUT2D eigenvalue weighted by atomic mass is 32.2. The number of aromatic amines is 1. The molecule has 0 radical (unpaired) electrons. The Kier molecular flexibility index (Phi) is 9.75. The Morgan fingerprint density at radius 2 is 1.98 bits per heavy atom. The van der Waals surface area contributed by atoms with Crippen LogP contribution in [0.5, 0.6) is 5.75 Å². The molecule has 15 nitrogen and oxygen atoms in total. The summed E-state index contributed by atoms with van der Waals surface area (Å²) >= 11 is 0. The monoisotopic (exact) mass is 592 g/mol. The van der Waals surface area contributed by atoms with E-state index in [1.54, 1.807) is 24.6 Å². The highest BCUT2D eigenvalue weighted by Crippen LogP contribution is 2.33. The van der Waals surface area contributed by atoms with E-state index >= 15 is 0 Å². The third-order valence-electron chi connectivity index (χ3n) is 6.95. The molecule has 1 aliphatic rings. The van der Waals surface area contributed by atoms with Gasteiger partial charge < -0.3 is 29.9 Å². The van der Waals surface area contributed by atoms with Crippen molar-refractivity contribution >= 4 is 27.3 Å². The van der Waals surface area contributed by atoms with Crippen molar-refractivity contribution in [1.82, 2.24) is 29.1 Å².